The Kier molecular flexibility index (Phi) is 5.20. The average Bonchev–Trinajstić information content (AvgIpc) is 2.48. The predicted octanol–water partition coefficient (Wildman–Crippen LogP) is 4.02. The summed E-state index contributed by atoms with van der Waals surface area (Å²) in [4.78, 5) is 11.9. The summed E-state index contributed by atoms with van der Waals surface area (Å²) in [5.74, 6) is -0.217. The van der Waals surface area contributed by atoms with Crippen LogP contribution < -0.4 is 10.6 Å². The number of nitriles is 1. The topological polar surface area (TPSA) is 64.9 Å². The normalized spacial score (nSPS) is 9.76. The molecule has 2 N–H and O–H groups in total. The zero-order valence-electron chi connectivity index (χ0n) is 10.9. The second kappa shape index (κ2) is 7.11. The fraction of sp³-hybridized carbons (Fsp3) is 0.0667. The lowest BCUT2D eigenvalue weighted by Crippen LogP contribution is -2.22. The smallest absolute Gasteiger partial charge is 0.243 e. The molecule has 0 aromatic heterocycles. The second-order valence-electron chi connectivity index (χ2n) is 4.18. The van der Waals surface area contributed by atoms with E-state index in [2.05, 4.69) is 26.6 Å². The Morgan fingerprint density at radius 1 is 1.24 bits per heavy atom. The third-order valence-electron chi connectivity index (χ3n) is 2.69. The number of benzene rings is 2. The maximum Gasteiger partial charge on any atom is 0.243 e. The van der Waals surface area contributed by atoms with E-state index in [1.165, 1.54) is 0 Å². The molecule has 0 aliphatic carbocycles. The number of nitrogens with zero attached hydrogens (tertiary/aromatic N) is 1. The van der Waals surface area contributed by atoms with Gasteiger partial charge in [-0.1, -0.05) is 23.7 Å². The molecule has 0 aliphatic heterocycles. The molecule has 4 nitrogen and oxygen atoms in total. The van der Waals surface area contributed by atoms with Crippen molar-refractivity contribution < 1.29 is 4.79 Å². The minimum atomic E-state index is -0.217. The molecular weight excluding hydrogens is 354 g/mol. The van der Waals surface area contributed by atoms with Crippen LogP contribution in [0, 0.1) is 11.3 Å². The van der Waals surface area contributed by atoms with E-state index in [1.807, 2.05) is 24.3 Å². The largest absolute Gasteiger partial charge is 0.375 e. The van der Waals surface area contributed by atoms with Crippen LogP contribution in [0.3, 0.4) is 0 Å². The lowest BCUT2D eigenvalue weighted by atomic mass is 10.2. The highest BCUT2D eigenvalue weighted by molar-refractivity contribution is 9.10. The molecule has 0 aliphatic rings. The van der Waals surface area contributed by atoms with Crippen molar-refractivity contribution in [2.75, 3.05) is 17.2 Å². The number of nitrogens with one attached hydrogen (secondary N) is 2. The van der Waals surface area contributed by atoms with Crippen LogP contribution in [-0.4, -0.2) is 12.5 Å². The minimum Gasteiger partial charge on any atom is -0.375 e. The Balaban J connectivity index is 2.01. The van der Waals surface area contributed by atoms with Crippen molar-refractivity contribution >= 4 is 44.8 Å². The van der Waals surface area contributed by atoms with Crippen molar-refractivity contribution in [3.8, 4) is 6.07 Å². The molecule has 21 heavy (non-hydrogen) atoms. The van der Waals surface area contributed by atoms with Crippen LogP contribution >= 0.6 is 27.5 Å². The van der Waals surface area contributed by atoms with Gasteiger partial charge in [-0.25, -0.2) is 0 Å². The number of carbonyl (C=O) groups excluding carboxylic acids is 1. The van der Waals surface area contributed by atoms with E-state index < -0.39 is 0 Å². The number of para-hydroxylation sites is 1. The average molecular weight is 365 g/mol. The van der Waals surface area contributed by atoms with Gasteiger partial charge >= 0.3 is 0 Å². The highest BCUT2D eigenvalue weighted by Crippen LogP contribution is 2.22. The van der Waals surface area contributed by atoms with E-state index in [0.717, 1.165) is 4.47 Å². The van der Waals surface area contributed by atoms with Crippen LogP contribution in [-0.2, 0) is 4.79 Å². The third-order valence-corrected chi connectivity index (χ3v) is 3.62. The fourth-order valence-electron chi connectivity index (χ4n) is 1.69. The molecule has 0 heterocycles. The van der Waals surface area contributed by atoms with Gasteiger partial charge < -0.3 is 10.6 Å². The van der Waals surface area contributed by atoms with Crippen molar-refractivity contribution in [1.29, 1.82) is 5.26 Å². The zero-order chi connectivity index (χ0) is 15.2. The Labute approximate surface area is 135 Å². The van der Waals surface area contributed by atoms with Gasteiger partial charge in [0, 0.05) is 9.50 Å². The molecule has 2 aromatic carbocycles. The predicted molar refractivity (Wildman–Crippen MR) is 87.4 cm³/mol. The summed E-state index contributed by atoms with van der Waals surface area (Å²) in [6.45, 7) is 0.0381. The molecular formula is C15H11BrClN3O. The summed E-state index contributed by atoms with van der Waals surface area (Å²) in [5, 5.41) is 15.2. The second-order valence-corrected chi connectivity index (χ2v) is 5.47. The highest BCUT2D eigenvalue weighted by Gasteiger charge is 2.07. The standard InChI is InChI=1S/C15H11BrClN3O/c16-12-3-1-2-4-13(12)20-15(21)9-19-14-7-11(17)6-5-10(14)8-18/h1-7,19H,9H2,(H,20,21). The fourth-order valence-corrected chi connectivity index (χ4v) is 2.25. The van der Waals surface area contributed by atoms with E-state index in [-0.39, 0.29) is 12.5 Å². The van der Waals surface area contributed by atoms with E-state index >= 15 is 0 Å². The molecule has 0 saturated carbocycles. The van der Waals surface area contributed by atoms with E-state index in [9.17, 15) is 4.79 Å². The van der Waals surface area contributed by atoms with E-state index in [4.69, 9.17) is 16.9 Å². The van der Waals surface area contributed by atoms with Crippen LogP contribution in [0.4, 0.5) is 11.4 Å². The Bertz CT molecular complexity index is 712. The van der Waals surface area contributed by atoms with Gasteiger partial charge in [-0.2, -0.15) is 5.26 Å². The van der Waals surface area contributed by atoms with Crippen LogP contribution in [0.15, 0.2) is 46.9 Å². The summed E-state index contributed by atoms with van der Waals surface area (Å²) in [5.41, 5.74) is 1.66. The van der Waals surface area contributed by atoms with Crippen LogP contribution in [0.5, 0.6) is 0 Å². The molecule has 106 valence electrons. The Hall–Kier alpha value is -2.03. The lowest BCUT2D eigenvalue weighted by Gasteiger charge is -2.10. The minimum absolute atomic E-state index is 0.0381. The SMILES string of the molecule is N#Cc1ccc(Cl)cc1NCC(=O)Nc1ccccc1Br. The van der Waals surface area contributed by atoms with Crippen molar-refractivity contribution in [3.63, 3.8) is 0 Å². The Morgan fingerprint density at radius 3 is 2.71 bits per heavy atom. The first-order chi connectivity index (χ1) is 10.1. The molecule has 2 rings (SSSR count). The van der Waals surface area contributed by atoms with Crippen LogP contribution in [0.2, 0.25) is 5.02 Å². The molecule has 0 bridgehead atoms. The van der Waals surface area contributed by atoms with Gasteiger partial charge in [-0.15, -0.1) is 0 Å². The first-order valence-corrected chi connectivity index (χ1v) is 7.25. The first-order valence-electron chi connectivity index (χ1n) is 6.08. The Morgan fingerprint density at radius 2 is 2.00 bits per heavy atom. The van der Waals surface area contributed by atoms with Crippen LogP contribution in [0.25, 0.3) is 0 Å². The molecule has 0 unspecified atom stereocenters. The summed E-state index contributed by atoms with van der Waals surface area (Å²) < 4.78 is 0.804. The van der Waals surface area contributed by atoms with Crippen molar-refractivity contribution in [2.45, 2.75) is 0 Å². The van der Waals surface area contributed by atoms with Gasteiger partial charge in [0.25, 0.3) is 0 Å². The number of amides is 1. The number of carbonyl (C=O) groups is 1. The first kappa shape index (κ1) is 15.4. The van der Waals surface area contributed by atoms with Gasteiger partial charge in [-0.3, -0.25) is 4.79 Å². The quantitative estimate of drug-likeness (QED) is 0.861. The van der Waals surface area contributed by atoms with Gasteiger partial charge in [-0.05, 0) is 46.3 Å². The molecule has 6 heteroatoms. The highest BCUT2D eigenvalue weighted by atomic mass is 79.9. The number of rotatable bonds is 4. The maximum absolute atomic E-state index is 11.9. The molecule has 0 atom stereocenters. The molecule has 0 radical (unpaired) electrons. The molecule has 0 saturated heterocycles. The number of hydrogen-bond acceptors (Lipinski definition) is 3. The van der Waals surface area contributed by atoms with Gasteiger partial charge in [0.1, 0.15) is 6.07 Å². The summed E-state index contributed by atoms with van der Waals surface area (Å²) in [7, 11) is 0. The summed E-state index contributed by atoms with van der Waals surface area (Å²) >= 11 is 9.24. The van der Waals surface area contributed by atoms with Crippen molar-refractivity contribution in [1.82, 2.24) is 0 Å². The summed E-state index contributed by atoms with van der Waals surface area (Å²) in [6, 6.07) is 14.2. The molecule has 0 spiro atoms. The van der Waals surface area contributed by atoms with Crippen molar-refractivity contribution in [2.24, 2.45) is 0 Å². The van der Waals surface area contributed by atoms with Gasteiger partial charge in [0.2, 0.25) is 5.91 Å². The van der Waals surface area contributed by atoms with Crippen LogP contribution in [0.1, 0.15) is 5.56 Å². The summed E-state index contributed by atoms with van der Waals surface area (Å²) in [6.07, 6.45) is 0. The molecule has 0 fully saturated rings. The van der Waals surface area contributed by atoms with E-state index in [1.54, 1.807) is 24.3 Å². The maximum atomic E-state index is 11.9. The van der Waals surface area contributed by atoms with Crippen molar-refractivity contribution in [3.05, 3.63) is 57.5 Å². The third kappa shape index (κ3) is 4.22. The number of anilines is 2. The van der Waals surface area contributed by atoms with Gasteiger partial charge in [0.15, 0.2) is 0 Å². The monoisotopic (exact) mass is 363 g/mol. The molecule has 1 amide bonds. The zero-order valence-corrected chi connectivity index (χ0v) is 13.2. The lowest BCUT2D eigenvalue weighted by molar-refractivity contribution is -0.114. The van der Waals surface area contributed by atoms with Gasteiger partial charge in [0.05, 0.1) is 23.5 Å². The number of halogens is 2. The number of hydrogen-bond donors (Lipinski definition) is 2. The van der Waals surface area contributed by atoms with E-state index in [0.29, 0.717) is 22.0 Å². The molecule has 2 aromatic rings.